The second kappa shape index (κ2) is 4.48. The van der Waals surface area contributed by atoms with Crippen LogP contribution in [0.25, 0.3) is 22.0 Å². The lowest BCUT2D eigenvalue weighted by Gasteiger charge is -2.06. The lowest BCUT2D eigenvalue weighted by atomic mass is 10.1. The molecule has 102 valence electrons. The summed E-state index contributed by atoms with van der Waals surface area (Å²) in [5.41, 5.74) is 1.84. The Kier molecular flexibility index (Phi) is 2.78. The van der Waals surface area contributed by atoms with Crippen LogP contribution >= 0.6 is 0 Å². The van der Waals surface area contributed by atoms with Crippen LogP contribution in [-0.4, -0.2) is 21.8 Å². The maximum Gasteiger partial charge on any atom is 0.256 e. The Morgan fingerprint density at radius 2 is 2.15 bits per heavy atom. The van der Waals surface area contributed by atoms with Crippen molar-refractivity contribution in [3.8, 4) is 11.1 Å². The molecule has 0 bridgehead atoms. The second-order valence-corrected chi connectivity index (χ2v) is 4.58. The van der Waals surface area contributed by atoms with E-state index in [2.05, 4.69) is 15.4 Å². The van der Waals surface area contributed by atoms with Crippen LogP contribution in [-0.2, 0) is 7.05 Å². The first kappa shape index (κ1) is 12.4. The molecule has 0 radical (unpaired) electrons. The first-order chi connectivity index (χ1) is 9.58. The number of anilines is 1. The average Bonchev–Trinajstić information content (AvgIpc) is 2.84. The zero-order valence-corrected chi connectivity index (χ0v) is 11.1. The van der Waals surface area contributed by atoms with Gasteiger partial charge in [-0.2, -0.15) is 5.10 Å². The van der Waals surface area contributed by atoms with Crippen molar-refractivity contribution in [1.82, 2.24) is 14.8 Å². The number of rotatable bonds is 2. The number of nitrogens with zero attached hydrogens (tertiary/aromatic N) is 2. The van der Waals surface area contributed by atoms with Crippen LogP contribution in [0.4, 0.5) is 10.1 Å². The predicted molar refractivity (Wildman–Crippen MR) is 76.3 cm³/mol. The smallest absolute Gasteiger partial charge is 0.256 e. The van der Waals surface area contributed by atoms with Gasteiger partial charge in [-0.1, -0.05) is 0 Å². The van der Waals surface area contributed by atoms with Gasteiger partial charge in [0, 0.05) is 37.3 Å². The summed E-state index contributed by atoms with van der Waals surface area (Å²) in [5, 5.41) is 7.59. The minimum absolute atomic E-state index is 0.262. The van der Waals surface area contributed by atoms with Gasteiger partial charge >= 0.3 is 0 Å². The van der Waals surface area contributed by atoms with Gasteiger partial charge in [-0.15, -0.1) is 0 Å². The Morgan fingerprint density at radius 1 is 1.35 bits per heavy atom. The summed E-state index contributed by atoms with van der Waals surface area (Å²) >= 11 is 0. The minimum atomic E-state index is -0.398. The number of nitrogens with one attached hydrogen (secondary N) is 2. The molecule has 3 aromatic rings. The third-order valence-corrected chi connectivity index (χ3v) is 3.22. The van der Waals surface area contributed by atoms with Crippen LogP contribution in [0.15, 0.2) is 35.4 Å². The average molecular weight is 272 g/mol. The molecule has 0 amide bonds. The molecular formula is C14H13FN4O. The number of aromatic amines is 1. The van der Waals surface area contributed by atoms with Crippen molar-refractivity contribution in [3.63, 3.8) is 0 Å². The van der Waals surface area contributed by atoms with Crippen molar-refractivity contribution in [1.29, 1.82) is 0 Å². The van der Waals surface area contributed by atoms with Gasteiger partial charge in [-0.3, -0.25) is 9.48 Å². The molecule has 0 aliphatic rings. The monoisotopic (exact) mass is 272 g/mol. The zero-order valence-electron chi connectivity index (χ0n) is 11.1. The fraction of sp³-hybridized carbons (Fsp3) is 0.143. The maximum absolute atomic E-state index is 13.7. The molecule has 5 nitrogen and oxygen atoms in total. The van der Waals surface area contributed by atoms with E-state index >= 15 is 0 Å². The van der Waals surface area contributed by atoms with Gasteiger partial charge in [0.05, 0.1) is 23.0 Å². The Bertz CT molecular complexity index is 850. The summed E-state index contributed by atoms with van der Waals surface area (Å²) in [6.07, 6.45) is 3.39. The van der Waals surface area contributed by atoms with Crippen LogP contribution in [0.2, 0.25) is 0 Å². The Morgan fingerprint density at radius 3 is 2.80 bits per heavy atom. The van der Waals surface area contributed by atoms with E-state index in [1.807, 2.05) is 0 Å². The van der Waals surface area contributed by atoms with Gasteiger partial charge < -0.3 is 10.3 Å². The zero-order chi connectivity index (χ0) is 14.3. The molecule has 0 unspecified atom stereocenters. The molecule has 0 saturated carbocycles. The van der Waals surface area contributed by atoms with Crippen molar-refractivity contribution < 1.29 is 4.39 Å². The van der Waals surface area contributed by atoms with Crippen LogP contribution < -0.4 is 10.9 Å². The number of halogens is 1. The summed E-state index contributed by atoms with van der Waals surface area (Å²) in [6, 6.07) is 4.72. The Labute approximate surface area is 114 Å². The van der Waals surface area contributed by atoms with E-state index in [-0.39, 0.29) is 5.56 Å². The number of fused-ring (bicyclic) bond motifs is 1. The first-order valence-corrected chi connectivity index (χ1v) is 6.12. The van der Waals surface area contributed by atoms with E-state index in [1.165, 1.54) is 6.07 Å². The number of hydrogen-bond acceptors (Lipinski definition) is 3. The molecule has 2 heterocycles. The highest BCUT2D eigenvalue weighted by atomic mass is 19.1. The molecule has 1 aromatic carbocycles. The lowest BCUT2D eigenvalue weighted by Crippen LogP contribution is -2.08. The summed E-state index contributed by atoms with van der Waals surface area (Å²) < 4.78 is 15.3. The summed E-state index contributed by atoms with van der Waals surface area (Å²) in [7, 11) is 3.44. The van der Waals surface area contributed by atoms with E-state index in [1.54, 1.807) is 43.3 Å². The molecule has 2 aromatic heterocycles. The van der Waals surface area contributed by atoms with Crippen molar-refractivity contribution in [3.05, 3.63) is 46.8 Å². The van der Waals surface area contributed by atoms with E-state index in [0.717, 1.165) is 10.9 Å². The van der Waals surface area contributed by atoms with Gasteiger partial charge in [0.1, 0.15) is 5.82 Å². The molecule has 0 aliphatic heterocycles. The summed E-state index contributed by atoms with van der Waals surface area (Å²) in [6.45, 7) is 0. The van der Waals surface area contributed by atoms with Crippen molar-refractivity contribution in [2.75, 3.05) is 12.4 Å². The number of hydrogen-bond donors (Lipinski definition) is 2. The molecule has 3 rings (SSSR count). The molecule has 0 aliphatic carbocycles. The van der Waals surface area contributed by atoms with Crippen LogP contribution in [0.5, 0.6) is 0 Å². The largest absolute Gasteiger partial charge is 0.386 e. The SMILES string of the molecule is CNc1cc2cc(-c3cnn(C)c3)c(=O)[nH]c2cc1F. The molecule has 0 spiro atoms. The fourth-order valence-corrected chi connectivity index (χ4v) is 2.19. The van der Waals surface area contributed by atoms with Crippen molar-refractivity contribution >= 4 is 16.6 Å². The van der Waals surface area contributed by atoms with Gasteiger partial charge in [-0.25, -0.2) is 4.39 Å². The maximum atomic E-state index is 13.7. The highest BCUT2D eigenvalue weighted by Gasteiger charge is 2.10. The third-order valence-electron chi connectivity index (χ3n) is 3.22. The fourth-order valence-electron chi connectivity index (χ4n) is 2.19. The number of pyridine rings is 1. The third kappa shape index (κ3) is 1.95. The predicted octanol–water partition coefficient (Wildman–Crippen LogP) is 2.11. The van der Waals surface area contributed by atoms with Crippen molar-refractivity contribution in [2.45, 2.75) is 0 Å². The standard InChI is InChI=1S/C14H13FN4O/c1-16-13-4-8-3-10(9-6-17-19(2)7-9)14(20)18-12(8)5-11(13)15/h3-7,16H,1-2H3,(H,18,20). The van der Waals surface area contributed by atoms with Gasteiger partial charge in [0.2, 0.25) is 0 Å². The quantitative estimate of drug-likeness (QED) is 0.751. The van der Waals surface area contributed by atoms with Gasteiger partial charge in [0.25, 0.3) is 5.56 Å². The Hall–Kier alpha value is -2.63. The molecule has 2 N–H and O–H groups in total. The van der Waals surface area contributed by atoms with E-state index in [9.17, 15) is 9.18 Å². The number of benzene rings is 1. The highest BCUT2D eigenvalue weighted by molar-refractivity contribution is 5.86. The highest BCUT2D eigenvalue weighted by Crippen LogP contribution is 2.24. The molecule has 0 fully saturated rings. The van der Waals surface area contributed by atoms with Gasteiger partial charge in [0.15, 0.2) is 0 Å². The molecular weight excluding hydrogens is 259 g/mol. The van der Waals surface area contributed by atoms with Gasteiger partial charge in [-0.05, 0) is 12.1 Å². The number of H-pyrrole nitrogens is 1. The molecule has 0 atom stereocenters. The minimum Gasteiger partial charge on any atom is -0.386 e. The lowest BCUT2D eigenvalue weighted by molar-refractivity contribution is 0.633. The molecule has 20 heavy (non-hydrogen) atoms. The van der Waals surface area contributed by atoms with Crippen molar-refractivity contribution in [2.24, 2.45) is 7.05 Å². The van der Waals surface area contributed by atoms with E-state index in [4.69, 9.17) is 0 Å². The number of aromatic nitrogens is 3. The molecule has 0 saturated heterocycles. The summed E-state index contributed by atoms with van der Waals surface area (Å²) in [4.78, 5) is 14.8. The second-order valence-electron chi connectivity index (χ2n) is 4.58. The molecule has 6 heteroatoms. The normalized spacial score (nSPS) is 10.9. The van der Waals surface area contributed by atoms with Crippen LogP contribution in [0, 0.1) is 5.82 Å². The van der Waals surface area contributed by atoms with Crippen LogP contribution in [0.3, 0.4) is 0 Å². The van der Waals surface area contributed by atoms with E-state index < -0.39 is 5.82 Å². The van der Waals surface area contributed by atoms with E-state index in [0.29, 0.717) is 16.8 Å². The van der Waals surface area contributed by atoms with Crippen LogP contribution in [0.1, 0.15) is 0 Å². The Balaban J connectivity index is 2.27. The number of aryl methyl sites for hydroxylation is 1. The topological polar surface area (TPSA) is 62.7 Å². The first-order valence-electron chi connectivity index (χ1n) is 6.12. The summed E-state index contributed by atoms with van der Waals surface area (Å²) in [5.74, 6) is -0.398.